The van der Waals surface area contributed by atoms with Crippen molar-refractivity contribution in [2.75, 3.05) is 18.0 Å². The average Bonchev–Trinajstić information content (AvgIpc) is 2.95. The summed E-state index contributed by atoms with van der Waals surface area (Å²) in [5.41, 5.74) is 2.36. The zero-order valence-corrected chi connectivity index (χ0v) is 14.0. The van der Waals surface area contributed by atoms with Crippen LogP contribution in [0.1, 0.15) is 19.5 Å². The molecule has 0 bridgehead atoms. The average molecular weight is 309 g/mol. The minimum Gasteiger partial charge on any atom is -0.340 e. The molecule has 2 aromatic rings. The molecule has 0 spiro atoms. The van der Waals surface area contributed by atoms with E-state index in [1.807, 2.05) is 31.2 Å². The standard InChI is InChI=1S/C18H23N5/c1-5-9-23-16(15-8-6-7-12(2)19-15)20-21-17(23)22-10-13-14(11-22)18(13,3)4/h5-8,13-14H,1,9-11H2,2-4H3. The second kappa shape index (κ2) is 4.91. The molecule has 2 aromatic heterocycles. The summed E-state index contributed by atoms with van der Waals surface area (Å²) >= 11 is 0. The molecule has 1 aliphatic carbocycles. The molecule has 5 nitrogen and oxygen atoms in total. The van der Waals surface area contributed by atoms with Crippen molar-refractivity contribution in [1.82, 2.24) is 19.7 Å². The van der Waals surface area contributed by atoms with E-state index in [0.29, 0.717) is 12.0 Å². The molecular formula is C18H23N5. The maximum absolute atomic E-state index is 4.60. The molecule has 0 amide bonds. The fourth-order valence-electron chi connectivity index (χ4n) is 3.98. The van der Waals surface area contributed by atoms with Crippen LogP contribution in [0.5, 0.6) is 0 Å². The second-order valence-corrected chi connectivity index (χ2v) is 7.33. The fourth-order valence-corrected chi connectivity index (χ4v) is 3.98. The van der Waals surface area contributed by atoms with E-state index in [1.165, 1.54) is 0 Å². The zero-order chi connectivity index (χ0) is 16.2. The molecule has 1 saturated heterocycles. The van der Waals surface area contributed by atoms with Crippen LogP contribution in [0, 0.1) is 24.2 Å². The van der Waals surface area contributed by atoms with Crippen LogP contribution in [0.3, 0.4) is 0 Å². The van der Waals surface area contributed by atoms with E-state index >= 15 is 0 Å². The number of aryl methyl sites for hydroxylation is 1. The smallest absolute Gasteiger partial charge is 0.227 e. The third-order valence-electron chi connectivity index (χ3n) is 5.57. The third-order valence-corrected chi connectivity index (χ3v) is 5.57. The summed E-state index contributed by atoms with van der Waals surface area (Å²) in [6.45, 7) is 13.5. The summed E-state index contributed by atoms with van der Waals surface area (Å²) in [7, 11) is 0. The van der Waals surface area contributed by atoms with Gasteiger partial charge in [0.1, 0.15) is 5.69 Å². The Bertz CT molecular complexity index is 747. The Morgan fingerprint density at radius 3 is 2.65 bits per heavy atom. The first-order chi connectivity index (χ1) is 11.0. The highest BCUT2D eigenvalue weighted by atomic mass is 15.4. The van der Waals surface area contributed by atoms with Crippen molar-refractivity contribution in [2.45, 2.75) is 27.3 Å². The largest absolute Gasteiger partial charge is 0.340 e. The molecule has 4 rings (SSSR count). The summed E-state index contributed by atoms with van der Waals surface area (Å²) in [5.74, 6) is 3.35. The van der Waals surface area contributed by atoms with Crippen LogP contribution < -0.4 is 4.90 Å². The SMILES string of the molecule is C=CCn1c(-c2cccc(C)n2)nnc1N1CC2C(C1)C2(C)C. The minimum atomic E-state index is 0.501. The first-order valence-electron chi connectivity index (χ1n) is 8.25. The van der Waals surface area contributed by atoms with Crippen LogP contribution in [0.15, 0.2) is 30.9 Å². The Hall–Kier alpha value is -2.17. The van der Waals surface area contributed by atoms with Gasteiger partial charge in [0.05, 0.1) is 0 Å². The van der Waals surface area contributed by atoms with Crippen molar-refractivity contribution < 1.29 is 0 Å². The molecule has 2 atom stereocenters. The maximum Gasteiger partial charge on any atom is 0.227 e. The van der Waals surface area contributed by atoms with Gasteiger partial charge >= 0.3 is 0 Å². The molecule has 0 N–H and O–H groups in total. The fraction of sp³-hybridized carbons (Fsp3) is 0.500. The molecule has 23 heavy (non-hydrogen) atoms. The Labute approximate surface area is 137 Å². The van der Waals surface area contributed by atoms with Crippen LogP contribution >= 0.6 is 0 Å². The predicted molar refractivity (Wildman–Crippen MR) is 91.2 cm³/mol. The van der Waals surface area contributed by atoms with E-state index in [9.17, 15) is 0 Å². The molecule has 2 aliphatic rings. The normalized spacial score (nSPS) is 24.6. The zero-order valence-electron chi connectivity index (χ0n) is 14.0. The predicted octanol–water partition coefficient (Wildman–Crippen LogP) is 2.93. The lowest BCUT2D eigenvalue weighted by molar-refractivity contribution is 0.494. The Kier molecular flexibility index (Phi) is 3.08. The van der Waals surface area contributed by atoms with Gasteiger partial charge in [0.2, 0.25) is 5.95 Å². The van der Waals surface area contributed by atoms with Crippen molar-refractivity contribution in [2.24, 2.45) is 17.3 Å². The van der Waals surface area contributed by atoms with Crippen LogP contribution in [-0.4, -0.2) is 32.8 Å². The van der Waals surface area contributed by atoms with Gasteiger partial charge in [-0.3, -0.25) is 4.57 Å². The van der Waals surface area contributed by atoms with Gasteiger partial charge in [-0.15, -0.1) is 16.8 Å². The minimum absolute atomic E-state index is 0.501. The van der Waals surface area contributed by atoms with E-state index < -0.39 is 0 Å². The topological polar surface area (TPSA) is 46.8 Å². The number of hydrogen-bond acceptors (Lipinski definition) is 4. The van der Waals surface area contributed by atoms with Gasteiger partial charge in [-0.05, 0) is 36.3 Å². The lowest BCUT2D eigenvalue weighted by Crippen LogP contribution is -2.29. The van der Waals surface area contributed by atoms with E-state index in [2.05, 4.69) is 45.1 Å². The number of hydrogen-bond donors (Lipinski definition) is 0. The van der Waals surface area contributed by atoms with Crippen molar-refractivity contribution in [3.05, 3.63) is 36.5 Å². The summed E-state index contributed by atoms with van der Waals surface area (Å²) in [6, 6.07) is 6.00. The Balaban J connectivity index is 1.68. The van der Waals surface area contributed by atoms with Gasteiger partial charge < -0.3 is 4.90 Å². The number of anilines is 1. The summed E-state index contributed by atoms with van der Waals surface area (Å²) in [5, 5.41) is 8.90. The molecule has 2 unspecified atom stereocenters. The van der Waals surface area contributed by atoms with Gasteiger partial charge in [-0.25, -0.2) is 4.98 Å². The number of nitrogens with zero attached hydrogens (tertiary/aromatic N) is 5. The highest BCUT2D eigenvalue weighted by molar-refractivity contribution is 5.54. The highest BCUT2D eigenvalue weighted by Gasteiger charge is 2.62. The molecule has 0 radical (unpaired) electrons. The van der Waals surface area contributed by atoms with Crippen LogP contribution in [0.4, 0.5) is 5.95 Å². The molecular weight excluding hydrogens is 286 g/mol. The van der Waals surface area contributed by atoms with E-state index in [1.54, 1.807) is 0 Å². The molecule has 1 saturated carbocycles. The second-order valence-electron chi connectivity index (χ2n) is 7.33. The number of allylic oxidation sites excluding steroid dienone is 1. The number of aromatic nitrogens is 4. The number of rotatable bonds is 4. The van der Waals surface area contributed by atoms with Gasteiger partial charge in [-0.2, -0.15) is 0 Å². The first kappa shape index (κ1) is 14.4. The number of piperidine rings is 1. The molecule has 0 aromatic carbocycles. The molecule has 1 aliphatic heterocycles. The summed E-state index contributed by atoms with van der Waals surface area (Å²) < 4.78 is 2.13. The van der Waals surface area contributed by atoms with E-state index in [0.717, 1.165) is 48.1 Å². The van der Waals surface area contributed by atoms with Gasteiger partial charge in [0.25, 0.3) is 0 Å². The van der Waals surface area contributed by atoms with Crippen LogP contribution in [-0.2, 0) is 6.54 Å². The lowest BCUT2D eigenvalue weighted by atomic mass is 10.1. The Morgan fingerprint density at radius 2 is 2.00 bits per heavy atom. The quantitative estimate of drug-likeness (QED) is 0.815. The molecule has 3 heterocycles. The monoisotopic (exact) mass is 309 g/mol. The summed E-state index contributed by atoms with van der Waals surface area (Å²) in [4.78, 5) is 6.97. The molecule has 2 fully saturated rings. The van der Waals surface area contributed by atoms with Crippen LogP contribution in [0.25, 0.3) is 11.5 Å². The van der Waals surface area contributed by atoms with Gasteiger partial charge in [-0.1, -0.05) is 26.0 Å². The highest BCUT2D eigenvalue weighted by Crippen LogP contribution is 2.62. The van der Waals surface area contributed by atoms with E-state index in [-0.39, 0.29) is 0 Å². The summed E-state index contributed by atoms with van der Waals surface area (Å²) in [6.07, 6.45) is 1.90. The third kappa shape index (κ3) is 2.18. The first-order valence-corrected chi connectivity index (χ1v) is 8.25. The van der Waals surface area contributed by atoms with Crippen molar-refractivity contribution in [3.8, 4) is 11.5 Å². The van der Waals surface area contributed by atoms with Gasteiger partial charge in [0.15, 0.2) is 5.82 Å². The van der Waals surface area contributed by atoms with Crippen molar-refractivity contribution >= 4 is 5.95 Å². The lowest BCUT2D eigenvalue weighted by Gasteiger charge is -2.23. The Morgan fingerprint density at radius 1 is 1.26 bits per heavy atom. The maximum atomic E-state index is 4.60. The molecule has 5 heteroatoms. The van der Waals surface area contributed by atoms with Crippen molar-refractivity contribution in [3.63, 3.8) is 0 Å². The van der Waals surface area contributed by atoms with E-state index in [4.69, 9.17) is 0 Å². The van der Waals surface area contributed by atoms with Gasteiger partial charge in [0, 0.05) is 25.3 Å². The number of fused-ring (bicyclic) bond motifs is 1. The number of pyridine rings is 1. The van der Waals surface area contributed by atoms with Crippen molar-refractivity contribution in [1.29, 1.82) is 0 Å². The molecule has 120 valence electrons. The van der Waals surface area contributed by atoms with Crippen LogP contribution in [0.2, 0.25) is 0 Å².